The molecule has 1 atom stereocenters. The Balaban J connectivity index is 2.52. The van der Waals surface area contributed by atoms with E-state index in [0.29, 0.717) is 13.1 Å². The van der Waals surface area contributed by atoms with Crippen molar-refractivity contribution in [3.8, 4) is 0 Å². The largest absolute Gasteiger partial charge is 0.354 e. The summed E-state index contributed by atoms with van der Waals surface area (Å²) in [7, 11) is 0. The van der Waals surface area contributed by atoms with E-state index in [0.717, 1.165) is 16.6 Å². The molecule has 2 rings (SSSR count). The van der Waals surface area contributed by atoms with Gasteiger partial charge in [0.15, 0.2) is 0 Å². The summed E-state index contributed by atoms with van der Waals surface area (Å²) in [5, 5.41) is 2.94. The van der Waals surface area contributed by atoms with Gasteiger partial charge in [-0.1, -0.05) is 12.1 Å². The van der Waals surface area contributed by atoms with Crippen LogP contribution < -0.4 is 16.0 Å². The zero-order valence-corrected chi connectivity index (χ0v) is 12.9. The van der Waals surface area contributed by atoms with E-state index >= 15 is 0 Å². The number of anilines is 1. The highest BCUT2D eigenvalue weighted by molar-refractivity contribution is 9.10. The Hall–Kier alpha value is -1.07. The average molecular weight is 326 g/mol. The maximum absolute atomic E-state index is 12.2. The van der Waals surface area contributed by atoms with E-state index in [9.17, 15) is 4.79 Å². The molecule has 5 heteroatoms. The molecule has 1 heterocycles. The maximum atomic E-state index is 12.2. The number of rotatable bonds is 2. The van der Waals surface area contributed by atoms with E-state index in [4.69, 9.17) is 5.73 Å². The maximum Gasteiger partial charge on any atom is 0.244 e. The molecule has 0 spiro atoms. The van der Waals surface area contributed by atoms with Crippen LogP contribution in [0.15, 0.2) is 28.7 Å². The number of halogens is 1. The van der Waals surface area contributed by atoms with Gasteiger partial charge in [-0.3, -0.25) is 4.79 Å². The second-order valence-corrected chi connectivity index (χ2v) is 6.28. The molecule has 1 aliphatic heterocycles. The normalized spacial score (nSPS) is 22.8. The highest BCUT2D eigenvalue weighted by atomic mass is 79.9. The summed E-state index contributed by atoms with van der Waals surface area (Å²) in [5.41, 5.74) is 6.73. The van der Waals surface area contributed by atoms with Crippen LogP contribution >= 0.6 is 15.9 Å². The molecule has 1 aromatic rings. The SMILES string of the molecule is CC1(C)CCNC(=O)C(CN)N1c1ccccc1Br. The standard InChI is InChI=1S/C14H20BrN3O/c1-14(2)7-8-17-13(19)12(9-16)18(14)11-6-4-3-5-10(11)15/h3-6,12H,7-9,16H2,1-2H3,(H,17,19). The van der Waals surface area contributed by atoms with Gasteiger partial charge in [-0.05, 0) is 48.3 Å². The molecule has 0 radical (unpaired) electrons. The lowest BCUT2D eigenvalue weighted by Gasteiger charge is -2.43. The van der Waals surface area contributed by atoms with Crippen LogP contribution in [0.25, 0.3) is 0 Å². The number of benzene rings is 1. The topological polar surface area (TPSA) is 58.4 Å². The number of nitrogens with one attached hydrogen (secondary N) is 1. The minimum absolute atomic E-state index is 0.00354. The Morgan fingerprint density at radius 3 is 2.79 bits per heavy atom. The molecule has 3 N–H and O–H groups in total. The van der Waals surface area contributed by atoms with Crippen LogP contribution in [0.1, 0.15) is 20.3 Å². The number of amides is 1. The molecule has 1 saturated heterocycles. The minimum atomic E-state index is -0.337. The third-order valence-corrected chi connectivity index (χ3v) is 4.31. The van der Waals surface area contributed by atoms with E-state index in [1.54, 1.807) is 0 Å². The van der Waals surface area contributed by atoms with Gasteiger partial charge in [-0.2, -0.15) is 0 Å². The van der Waals surface area contributed by atoms with E-state index < -0.39 is 0 Å². The molecule has 1 aromatic carbocycles. The number of carbonyl (C=O) groups is 1. The number of nitrogens with zero attached hydrogens (tertiary/aromatic N) is 1. The third kappa shape index (κ3) is 2.77. The first-order chi connectivity index (χ1) is 8.97. The molecule has 0 aromatic heterocycles. The number of hydrogen-bond acceptors (Lipinski definition) is 3. The van der Waals surface area contributed by atoms with Crippen LogP contribution in [0.2, 0.25) is 0 Å². The molecule has 104 valence electrons. The van der Waals surface area contributed by atoms with Gasteiger partial charge < -0.3 is 16.0 Å². The van der Waals surface area contributed by atoms with Crippen molar-refractivity contribution < 1.29 is 4.79 Å². The summed E-state index contributed by atoms with van der Waals surface area (Å²) in [6, 6.07) is 7.62. The van der Waals surface area contributed by atoms with Gasteiger partial charge in [-0.25, -0.2) is 0 Å². The Kier molecular flexibility index (Phi) is 4.16. The first kappa shape index (κ1) is 14.3. The lowest BCUT2D eigenvalue weighted by atomic mass is 9.95. The van der Waals surface area contributed by atoms with Crippen molar-refractivity contribution in [1.29, 1.82) is 0 Å². The highest BCUT2D eigenvalue weighted by Crippen LogP contribution is 2.35. The smallest absolute Gasteiger partial charge is 0.244 e. The number of nitrogens with two attached hydrogens (primary N) is 1. The van der Waals surface area contributed by atoms with Crippen molar-refractivity contribution in [2.24, 2.45) is 5.73 Å². The van der Waals surface area contributed by atoms with Crippen molar-refractivity contribution in [2.75, 3.05) is 18.0 Å². The molecular formula is C14H20BrN3O. The fourth-order valence-electron chi connectivity index (χ4n) is 2.62. The fraction of sp³-hybridized carbons (Fsp3) is 0.500. The van der Waals surface area contributed by atoms with Crippen molar-refractivity contribution in [1.82, 2.24) is 5.32 Å². The fourth-order valence-corrected chi connectivity index (χ4v) is 3.10. The number of para-hydroxylation sites is 1. The molecule has 4 nitrogen and oxygen atoms in total. The molecule has 1 aliphatic rings. The predicted molar refractivity (Wildman–Crippen MR) is 81.2 cm³/mol. The van der Waals surface area contributed by atoms with Gasteiger partial charge in [0, 0.05) is 23.1 Å². The summed E-state index contributed by atoms with van der Waals surface area (Å²) in [6.07, 6.45) is 0.885. The van der Waals surface area contributed by atoms with E-state index in [1.165, 1.54) is 0 Å². The van der Waals surface area contributed by atoms with Gasteiger partial charge in [-0.15, -0.1) is 0 Å². The lowest BCUT2D eigenvalue weighted by Crippen LogP contribution is -2.56. The van der Waals surface area contributed by atoms with Crippen LogP contribution in [-0.2, 0) is 4.79 Å². The van der Waals surface area contributed by atoms with Gasteiger partial charge in [0.2, 0.25) is 5.91 Å². The summed E-state index contributed by atoms with van der Waals surface area (Å²) < 4.78 is 0.983. The Morgan fingerprint density at radius 1 is 1.47 bits per heavy atom. The van der Waals surface area contributed by atoms with Gasteiger partial charge in [0.05, 0.1) is 5.69 Å². The van der Waals surface area contributed by atoms with Gasteiger partial charge in [0.1, 0.15) is 6.04 Å². The molecule has 1 unspecified atom stereocenters. The van der Waals surface area contributed by atoms with Crippen LogP contribution in [0.5, 0.6) is 0 Å². The summed E-state index contributed by atoms with van der Waals surface area (Å²) in [4.78, 5) is 14.3. The van der Waals surface area contributed by atoms with E-state index in [-0.39, 0.29) is 17.5 Å². The van der Waals surface area contributed by atoms with Crippen molar-refractivity contribution in [3.05, 3.63) is 28.7 Å². The molecule has 0 aliphatic carbocycles. The molecule has 1 fully saturated rings. The highest BCUT2D eigenvalue weighted by Gasteiger charge is 2.38. The first-order valence-corrected chi connectivity index (χ1v) is 7.28. The van der Waals surface area contributed by atoms with E-state index in [2.05, 4.69) is 40.0 Å². The average Bonchev–Trinajstić information content (AvgIpc) is 2.46. The molecule has 1 amide bonds. The molecular weight excluding hydrogens is 306 g/mol. The quantitative estimate of drug-likeness (QED) is 0.872. The van der Waals surface area contributed by atoms with Crippen molar-refractivity contribution in [3.63, 3.8) is 0 Å². The Labute approximate surface area is 122 Å². The Bertz CT molecular complexity index is 476. The molecule has 19 heavy (non-hydrogen) atoms. The van der Waals surface area contributed by atoms with Crippen molar-refractivity contribution in [2.45, 2.75) is 31.8 Å². The summed E-state index contributed by atoms with van der Waals surface area (Å²) >= 11 is 3.57. The van der Waals surface area contributed by atoms with Crippen LogP contribution in [-0.4, -0.2) is 30.6 Å². The van der Waals surface area contributed by atoms with E-state index in [1.807, 2.05) is 24.3 Å². The Morgan fingerprint density at radius 2 is 2.16 bits per heavy atom. The second kappa shape index (κ2) is 5.51. The predicted octanol–water partition coefficient (Wildman–Crippen LogP) is 1.88. The van der Waals surface area contributed by atoms with Crippen LogP contribution in [0.4, 0.5) is 5.69 Å². The summed E-state index contributed by atoms with van der Waals surface area (Å²) in [6.45, 7) is 5.28. The van der Waals surface area contributed by atoms with Crippen LogP contribution in [0, 0.1) is 0 Å². The monoisotopic (exact) mass is 325 g/mol. The van der Waals surface area contributed by atoms with Crippen LogP contribution in [0.3, 0.4) is 0 Å². The first-order valence-electron chi connectivity index (χ1n) is 6.49. The second-order valence-electron chi connectivity index (χ2n) is 5.43. The summed E-state index contributed by atoms with van der Waals surface area (Å²) in [5.74, 6) is 0.00354. The zero-order chi connectivity index (χ0) is 14.0. The van der Waals surface area contributed by atoms with Gasteiger partial charge >= 0.3 is 0 Å². The lowest BCUT2D eigenvalue weighted by molar-refractivity contribution is -0.121. The zero-order valence-electron chi connectivity index (χ0n) is 11.3. The van der Waals surface area contributed by atoms with Crippen molar-refractivity contribution >= 4 is 27.5 Å². The molecule has 0 saturated carbocycles. The molecule has 0 bridgehead atoms. The number of carbonyl (C=O) groups excluding carboxylic acids is 1. The number of hydrogen-bond donors (Lipinski definition) is 2. The minimum Gasteiger partial charge on any atom is -0.354 e. The van der Waals surface area contributed by atoms with Gasteiger partial charge in [0.25, 0.3) is 0 Å². The third-order valence-electron chi connectivity index (χ3n) is 3.64.